The van der Waals surface area contributed by atoms with Gasteiger partial charge in [-0.3, -0.25) is 0 Å². The number of nitrogens with two attached hydrogens (primary N) is 1. The number of para-hydroxylation sites is 1. The molecule has 5 heteroatoms. The molecule has 1 aromatic carbocycles. The lowest BCUT2D eigenvalue weighted by Gasteiger charge is -2.32. The molecule has 0 radical (unpaired) electrons. The van der Waals surface area contributed by atoms with Crippen molar-refractivity contribution >= 4 is 5.69 Å². The van der Waals surface area contributed by atoms with Crippen LogP contribution in [0.5, 0.6) is 5.75 Å². The third kappa shape index (κ3) is 3.29. The summed E-state index contributed by atoms with van der Waals surface area (Å²) in [4.78, 5) is 11.8. The quantitative estimate of drug-likeness (QED) is 0.940. The molecule has 1 aliphatic heterocycles. The van der Waals surface area contributed by atoms with E-state index in [1.165, 1.54) is 0 Å². The molecule has 0 amide bonds. The molecule has 0 spiro atoms. The van der Waals surface area contributed by atoms with E-state index in [-0.39, 0.29) is 0 Å². The number of methoxy groups -OCH3 is 1. The lowest BCUT2D eigenvalue weighted by molar-refractivity contribution is 0.416. The molecule has 2 aromatic rings. The first-order chi connectivity index (χ1) is 11.2. The van der Waals surface area contributed by atoms with Gasteiger partial charge in [0.25, 0.3) is 0 Å². The van der Waals surface area contributed by atoms with Crippen molar-refractivity contribution in [1.29, 1.82) is 0 Å². The van der Waals surface area contributed by atoms with E-state index in [0.717, 1.165) is 60.9 Å². The molecule has 122 valence electrons. The molecule has 0 saturated carbocycles. The number of anilines is 1. The maximum Gasteiger partial charge on any atom is 0.163 e. The van der Waals surface area contributed by atoms with Gasteiger partial charge in [-0.2, -0.15) is 0 Å². The van der Waals surface area contributed by atoms with E-state index in [4.69, 9.17) is 15.5 Å². The predicted octanol–water partition coefficient (Wildman–Crippen LogP) is 2.64. The van der Waals surface area contributed by atoms with Gasteiger partial charge < -0.3 is 15.4 Å². The number of nitrogens with zero attached hydrogens (tertiary/aromatic N) is 3. The average molecular weight is 312 g/mol. The normalized spacial score (nSPS) is 15.7. The van der Waals surface area contributed by atoms with Crippen LogP contribution in [0.25, 0.3) is 11.4 Å². The molecule has 0 bridgehead atoms. The van der Waals surface area contributed by atoms with Crippen molar-refractivity contribution in [3.05, 3.63) is 36.2 Å². The monoisotopic (exact) mass is 312 g/mol. The minimum absolute atomic E-state index is 0.324. The van der Waals surface area contributed by atoms with Crippen molar-refractivity contribution in [2.45, 2.75) is 32.2 Å². The first-order valence-electron chi connectivity index (χ1n) is 8.22. The third-order valence-electron chi connectivity index (χ3n) is 4.41. The number of benzene rings is 1. The summed E-state index contributed by atoms with van der Waals surface area (Å²) in [5, 5.41) is 0. The highest BCUT2D eigenvalue weighted by Crippen LogP contribution is 2.29. The highest BCUT2D eigenvalue weighted by atomic mass is 16.5. The zero-order chi connectivity index (χ0) is 16.2. The van der Waals surface area contributed by atoms with Crippen LogP contribution in [0.4, 0.5) is 5.69 Å². The Morgan fingerprint density at radius 3 is 2.70 bits per heavy atom. The van der Waals surface area contributed by atoms with Crippen LogP contribution in [0.15, 0.2) is 30.5 Å². The van der Waals surface area contributed by atoms with E-state index >= 15 is 0 Å². The van der Waals surface area contributed by atoms with Crippen LogP contribution in [0.1, 0.15) is 25.5 Å². The Morgan fingerprint density at radius 1 is 1.26 bits per heavy atom. The second-order valence-electron chi connectivity index (χ2n) is 5.90. The summed E-state index contributed by atoms with van der Waals surface area (Å²) in [6.45, 7) is 4.09. The van der Waals surface area contributed by atoms with E-state index in [2.05, 4.69) is 16.8 Å². The highest BCUT2D eigenvalue weighted by molar-refractivity contribution is 5.65. The summed E-state index contributed by atoms with van der Waals surface area (Å²) >= 11 is 0. The van der Waals surface area contributed by atoms with Gasteiger partial charge in [-0.15, -0.1) is 0 Å². The number of aryl methyl sites for hydroxylation is 1. The molecule has 2 N–H and O–H groups in total. The van der Waals surface area contributed by atoms with Crippen molar-refractivity contribution in [1.82, 2.24) is 9.97 Å². The number of aromatic nitrogens is 2. The number of piperidine rings is 1. The Labute approximate surface area is 137 Å². The summed E-state index contributed by atoms with van der Waals surface area (Å²) < 4.78 is 5.43. The SMILES string of the molecule is CCc1nc(-c2ccccc2OC)ncc1N1CCC(N)CC1. The molecule has 1 fully saturated rings. The Hall–Kier alpha value is -2.14. The van der Waals surface area contributed by atoms with E-state index in [1.54, 1.807) is 7.11 Å². The highest BCUT2D eigenvalue weighted by Gasteiger charge is 2.20. The van der Waals surface area contributed by atoms with Crippen LogP contribution >= 0.6 is 0 Å². The summed E-state index contributed by atoms with van der Waals surface area (Å²) in [5.41, 5.74) is 9.15. The van der Waals surface area contributed by atoms with Crippen LogP contribution in [0.2, 0.25) is 0 Å². The van der Waals surface area contributed by atoms with Gasteiger partial charge in [0.15, 0.2) is 5.82 Å². The van der Waals surface area contributed by atoms with Crippen LogP contribution in [-0.4, -0.2) is 36.2 Å². The smallest absolute Gasteiger partial charge is 0.163 e. The van der Waals surface area contributed by atoms with E-state index in [0.29, 0.717) is 6.04 Å². The van der Waals surface area contributed by atoms with Crippen molar-refractivity contribution in [2.24, 2.45) is 5.73 Å². The summed E-state index contributed by atoms with van der Waals surface area (Å²) in [5.74, 6) is 1.52. The second-order valence-corrected chi connectivity index (χ2v) is 5.90. The number of hydrogen-bond donors (Lipinski definition) is 1. The molecular weight excluding hydrogens is 288 g/mol. The van der Waals surface area contributed by atoms with Gasteiger partial charge in [0.2, 0.25) is 0 Å². The number of ether oxygens (including phenoxy) is 1. The van der Waals surface area contributed by atoms with E-state index in [1.807, 2.05) is 30.5 Å². The topological polar surface area (TPSA) is 64.3 Å². The lowest BCUT2D eigenvalue weighted by atomic mass is 10.1. The van der Waals surface area contributed by atoms with Crippen LogP contribution in [0, 0.1) is 0 Å². The first kappa shape index (κ1) is 15.7. The molecule has 0 atom stereocenters. The molecule has 1 aliphatic rings. The van der Waals surface area contributed by atoms with Crippen LogP contribution in [-0.2, 0) is 6.42 Å². The maximum absolute atomic E-state index is 6.01. The number of hydrogen-bond acceptors (Lipinski definition) is 5. The third-order valence-corrected chi connectivity index (χ3v) is 4.41. The molecule has 23 heavy (non-hydrogen) atoms. The molecule has 2 heterocycles. The van der Waals surface area contributed by atoms with Crippen molar-refractivity contribution in [3.63, 3.8) is 0 Å². The van der Waals surface area contributed by atoms with Crippen LogP contribution in [0.3, 0.4) is 0 Å². The van der Waals surface area contributed by atoms with Gasteiger partial charge in [0.1, 0.15) is 5.75 Å². The van der Waals surface area contributed by atoms with Gasteiger partial charge in [-0.1, -0.05) is 19.1 Å². The second kappa shape index (κ2) is 6.96. The summed E-state index contributed by atoms with van der Waals surface area (Å²) in [6.07, 6.45) is 4.88. The first-order valence-corrected chi connectivity index (χ1v) is 8.22. The van der Waals surface area contributed by atoms with Crippen LogP contribution < -0.4 is 15.4 Å². The lowest BCUT2D eigenvalue weighted by Crippen LogP contribution is -2.40. The standard InChI is InChI=1S/C18H24N4O/c1-3-15-16(22-10-8-13(19)9-11-22)12-20-18(21-15)14-6-4-5-7-17(14)23-2/h4-7,12-13H,3,8-11,19H2,1-2H3. The molecule has 5 nitrogen and oxygen atoms in total. The Kier molecular flexibility index (Phi) is 4.76. The van der Waals surface area contributed by atoms with E-state index in [9.17, 15) is 0 Å². The minimum Gasteiger partial charge on any atom is -0.496 e. The zero-order valence-corrected chi connectivity index (χ0v) is 13.8. The molecule has 1 aromatic heterocycles. The van der Waals surface area contributed by atoms with E-state index < -0.39 is 0 Å². The Morgan fingerprint density at radius 2 is 2.00 bits per heavy atom. The van der Waals surface area contributed by atoms with Crippen molar-refractivity contribution in [3.8, 4) is 17.1 Å². The summed E-state index contributed by atoms with van der Waals surface area (Å²) in [7, 11) is 1.67. The number of rotatable bonds is 4. The fourth-order valence-corrected chi connectivity index (χ4v) is 3.03. The molecule has 0 aliphatic carbocycles. The van der Waals surface area contributed by atoms with Gasteiger partial charge in [0, 0.05) is 19.1 Å². The van der Waals surface area contributed by atoms with Gasteiger partial charge >= 0.3 is 0 Å². The molecule has 3 rings (SSSR count). The van der Waals surface area contributed by atoms with Gasteiger partial charge in [-0.25, -0.2) is 9.97 Å². The summed E-state index contributed by atoms with van der Waals surface area (Å²) in [6, 6.07) is 8.18. The minimum atomic E-state index is 0.324. The van der Waals surface area contributed by atoms with Crippen molar-refractivity contribution < 1.29 is 4.74 Å². The zero-order valence-electron chi connectivity index (χ0n) is 13.8. The van der Waals surface area contributed by atoms with Gasteiger partial charge in [-0.05, 0) is 31.4 Å². The largest absolute Gasteiger partial charge is 0.496 e. The Balaban J connectivity index is 1.93. The Bertz CT molecular complexity index is 666. The predicted molar refractivity (Wildman–Crippen MR) is 92.8 cm³/mol. The van der Waals surface area contributed by atoms with Gasteiger partial charge in [0.05, 0.1) is 30.3 Å². The maximum atomic E-state index is 6.01. The molecule has 0 unspecified atom stereocenters. The average Bonchev–Trinajstić information content (AvgIpc) is 2.62. The fraction of sp³-hybridized carbons (Fsp3) is 0.444. The fourth-order valence-electron chi connectivity index (χ4n) is 3.03. The molecule has 1 saturated heterocycles. The molecular formula is C18H24N4O. The van der Waals surface area contributed by atoms with Crippen molar-refractivity contribution in [2.75, 3.05) is 25.1 Å².